The number of hydrogen-bond donors (Lipinski definition) is 0. The number of benzene rings is 1. The number of carbonyl (C=O) groups is 1. The Labute approximate surface area is 245 Å². The van der Waals surface area contributed by atoms with Gasteiger partial charge in [-0.15, -0.1) is 0 Å². The Bertz CT molecular complexity index is 1430. The zero-order valence-corrected chi connectivity index (χ0v) is 25.1. The maximum absolute atomic E-state index is 12.0. The van der Waals surface area contributed by atoms with Crippen LogP contribution in [-0.2, 0) is 28.9 Å². The summed E-state index contributed by atoms with van der Waals surface area (Å²) in [5.41, 5.74) is 8.22. The Morgan fingerprint density at radius 3 is 2.52 bits per heavy atom. The summed E-state index contributed by atoms with van der Waals surface area (Å²) in [5, 5.41) is 5.27. The first-order chi connectivity index (χ1) is 19.6. The molecule has 0 amide bonds. The molecule has 0 saturated carbocycles. The van der Waals surface area contributed by atoms with Gasteiger partial charge >= 0.3 is 5.97 Å². The lowest BCUT2D eigenvalue weighted by atomic mass is 9.95. The predicted octanol–water partition coefficient (Wildman–Crippen LogP) is 6.32. The highest BCUT2D eigenvalue weighted by atomic mass is 79.9. The minimum absolute atomic E-state index is 0.122. The number of rotatable bonds is 11. The van der Waals surface area contributed by atoms with Crippen LogP contribution in [0.25, 0.3) is 16.6 Å². The van der Waals surface area contributed by atoms with Gasteiger partial charge in [-0.25, -0.2) is 4.52 Å². The molecule has 0 bridgehead atoms. The molecular formula is C32H38BrN5O2. The maximum Gasteiger partial charge on any atom is 0.305 e. The third kappa shape index (κ3) is 6.56. The van der Waals surface area contributed by atoms with Gasteiger partial charge in [0.1, 0.15) is 0 Å². The van der Waals surface area contributed by atoms with E-state index in [1.54, 1.807) is 0 Å². The topological polar surface area (TPSA) is 63.0 Å². The van der Waals surface area contributed by atoms with E-state index in [1.165, 1.54) is 22.5 Å². The molecule has 3 aromatic heterocycles. The van der Waals surface area contributed by atoms with Gasteiger partial charge in [-0.2, -0.15) is 5.10 Å². The normalized spacial score (nSPS) is 14.1. The second-order valence-electron chi connectivity index (χ2n) is 10.3. The van der Waals surface area contributed by atoms with Crippen LogP contribution in [0, 0.1) is 0 Å². The first-order valence-corrected chi connectivity index (χ1v) is 15.2. The van der Waals surface area contributed by atoms with Gasteiger partial charge in [0, 0.05) is 78.5 Å². The van der Waals surface area contributed by atoms with Crippen LogP contribution in [0.1, 0.15) is 50.1 Å². The van der Waals surface area contributed by atoms with Crippen LogP contribution in [0.2, 0.25) is 0 Å². The Morgan fingerprint density at radius 1 is 1.00 bits per heavy atom. The SMILES string of the molecule is CCOC(=O)CCCCc1c(CN2CCN(c3ccccc3)CC2)nn2c(CC)ccc2c1-c1cncc(Br)c1. The summed E-state index contributed by atoms with van der Waals surface area (Å²) in [6, 6.07) is 17.2. The van der Waals surface area contributed by atoms with E-state index in [9.17, 15) is 4.79 Å². The molecule has 0 aliphatic carbocycles. The van der Waals surface area contributed by atoms with Crippen molar-refractivity contribution in [3.8, 4) is 11.1 Å². The number of aryl methyl sites for hydroxylation is 1. The van der Waals surface area contributed by atoms with Gasteiger partial charge in [-0.1, -0.05) is 25.1 Å². The Kier molecular flexibility index (Phi) is 9.49. The fourth-order valence-electron chi connectivity index (χ4n) is 5.61. The number of para-hydroxylation sites is 1. The number of aromatic nitrogens is 3. The lowest BCUT2D eigenvalue weighted by molar-refractivity contribution is -0.143. The second kappa shape index (κ2) is 13.4. The summed E-state index contributed by atoms with van der Waals surface area (Å²) in [5.74, 6) is -0.122. The molecule has 210 valence electrons. The standard InChI is InChI=1S/C32H38BrN5O2/c1-3-26-14-15-30-32(24-20-25(33)22-34-21-24)28(12-8-9-13-31(39)40-4-2)29(35-38(26)30)23-36-16-18-37(19-17-36)27-10-6-5-7-11-27/h5-7,10-11,14-15,20-22H,3-4,8-9,12-13,16-19,23H2,1-2H3. The van der Waals surface area contributed by atoms with Crippen LogP contribution in [-0.4, -0.2) is 58.3 Å². The monoisotopic (exact) mass is 603 g/mol. The lowest BCUT2D eigenvalue weighted by Crippen LogP contribution is -2.46. The quantitative estimate of drug-likeness (QED) is 0.148. The van der Waals surface area contributed by atoms with Crippen molar-refractivity contribution in [3.05, 3.63) is 82.3 Å². The van der Waals surface area contributed by atoms with E-state index in [4.69, 9.17) is 9.84 Å². The maximum atomic E-state index is 12.0. The summed E-state index contributed by atoms with van der Waals surface area (Å²) < 4.78 is 8.24. The summed E-state index contributed by atoms with van der Waals surface area (Å²) in [6.45, 7) is 9.20. The lowest BCUT2D eigenvalue weighted by Gasteiger charge is -2.36. The van der Waals surface area contributed by atoms with Gasteiger partial charge in [-0.05, 0) is 84.4 Å². The smallest absolute Gasteiger partial charge is 0.305 e. The largest absolute Gasteiger partial charge is 0.466 e. The summed E-state index contributed by atoms with van der Waals surface area (Å²) in [6.07, 6.45) is 7.64. The van der Waals surface area contributed by atoms with Crippen LogP contribution in [0.5, 0.6) is 0 Å². The first kappa shape index (κ1) is 28.3. The molecule has 4 aromatic rings. The molecule has 1 aliphatic heterocycles. The molecule has 1 saturated heterocycles. The van der Waals surface area contributed by atoms with E-state index in [0.717, 1.165) is 79.7 Å². The van der Waals surface area contributed by atoms with Crippen LogP contribution in [0.4, 0.5) is 5.69 Å². The molecule has 40 heavy (non-hydrogen) atoms. The number of fused-ring (bicyclic) bond motifs is 1. The van der Waals surface area contributed by atoms with Crippen molar-refractivity contribution in [2.45, 2.75) is 52.5 Å². The molecule has 1 aliphatic rings. The number of pyridine rings is 1. The van der Waals surface area contributed by atoms with Crippen molar-refractivity contribution in [2.75, 3.05) is 37.7 Å². The molecule has 0 radical (unpaired) electrons. The second-order valence-corrected chi connectivity index (χ2v) is 11.2. The third-order valence-corrected chi connectivity index (χ3v) is 8.08. The van der Waals surface area contributed by atoms with Gasteiger partial charge in [0.25, 0.3) is 0 Å². The van der Waals surface area contributed by atoms with Crippen molar-refractivity contribution < 1.29 is 9.53 Å². The number of piperazine rings is 1. The van der Waals surface area contributed by atoms with Crippen molar-refractivity contribution >= 4 is 33.1 Å². The zero-order chi connectivity index (χ0) is 27.9. The fourth-order valence-corrected chi connectivity index (χ4v) is 5.98. The number of carbonyl (C=O) groups excluding carboxylic acids is 1. The van der Waals surface area contributed by atoms with E-state index in [-0.39, 0.29) is 5.97 Å². The zero-order valence-electron chi connectivity index (χ0n) is 23.5. The highest BCUT2D eigenvalue weighted by molar-refractivity contribution is 9.10. The highest BCUT2D eigenvalue weighted by Crippen LogP contribution is 2.34. The Morgan fingerprint density at radius 2 is 1.80 bits per heavy atom. The molecule has 1 aromatic carbocycles. The van der Waals surface area contributed by atoms with Crippen LogP contribution in [0.15, 0.2) is 65.4 Å². The van der Waals surface area contributed by atoms with Gasteiger partial charge in [0.2, 0.25) is 0 Å². The number of esters is 1. The minimum atomic E-state index is -0.122. The van der Waals surface area contributed by atoms with E-state index in [0.29, 0.717) is 13.0 Å². The highest BCUT2D eigenvalue weighted by Gasteiger charge is 2.23. The average Bonchev–Trinajstić information content (AvgIpc) is 3.38. The molecule has 0 unspecified atom stereocenters. The Balaban J connectivity index is 1.47. The third-order valence-electron chi connectivity index (χ3n) is 7.65. The van der Waals surface area contributed by atoms with Crippen molar-refractivity contribution in [3.63, 3.8) is 0 Å². The fraction of sp³-hybridized carbons (Fsp3) is 0.406. The van der Waals surface area contributed by atoms with E-state index < -0.39 is 0 Å². The van der Waals surface area contributed by atoms with Crippen LogP contribution >= 0.6 is 15.9 Å². The molecule has 0 atom stereocenters. The first-order valence-electron chi connectivity index (χ1n) is 14.4. The average molecular weight is 605 g/mol. The van der Waals surface area contributed by atoms with Crippen molar-refractivity contribution in [1.29, 1.82) is 0 Å². The van der Waals surface area contributed by atoms with Gasteiger partial charge in [0.05, 0.1) is 17.8 Å². The van der Waals surface area contributed by atoms with Crippen LogP contribution in [0.3, 0.4) is 0 Å². The number of ether oxygens (including phenoxy) is 1. The van der Waals surface area contributed by atoms with E-state index >= 15 is 0 Å². The van der Waals surface area contributed by atoms with E-state index in [2.05, 4.69) is 90.7 Å². The van der Waals surface area contributed by atoms with Gasteiger partial charge in [-0.3, -0.25) is 14.7 Å². The molecule has 5 rings (SSSR count). The number of hydrogen-bond acceptors (Lipinski definition) is 6. The summed E-state index contributed by atoms with van der Waals surface area (Å²) >= 11 is 3.64. The number of halogens is 1. The Hall–Kier alpha value is -3.23. The molecule has 8 heteroatoms. The summed E-state index contributed by atoms with van der Waals surface area (Å²) in [4.78, 5) is 21.5. The number of unbranched alkanes of at least 4 members (excludes halogenated alkanes) is 1. The molecule has 4 heterocycles. The number of nitrogens with zero attached hydrogens (tertiary/aromatic N) is 5. The molecule has 0 N–H and O–H groups in total. The minimum Gasteiger partial charge on any atom is -0.466 e. The molecule has 7 nitrogen and oxygen atoms in total. The van der Waals surface area contributed by atoms with Gasteiger partial charge < -0.3 is 9.64 Å². The summed E-state index contributed by atoms with van der Waals surface area (Å²) in [7, 11) is 0. The number of anilines is 1. The predicted molar refractivity (Wildman–Crippen MR) is 164 cm³/mol. The van der Waals surface area contributed by atoms with Crippen molar-refractivity contribution in [2.24, 2.45) is 0 Å². The molecule has 1 fully saturated rings. The molecule has 0 spiro atoms. The van der Waals surface area contributed by atoms with Crippen LogP contribution < -0.4 is 4.90 Å². The van der Waals surface area contributed by atoms with Crippen molar-refractivity contribution in [1.82, 2.24) is 19.5 Å². The van der Waals surface area contributed by atoms with Gasteiger partial charge in [0.15, 0.2) is 0 Å². The van der Waals surface area contributed by atoms with E-state index in [1.807, 2.05) is 19.3 Å². The molecular weight excluding hydrogens is 566 g/mol.